The van der Waals surface area contributed by atoms with Crippen LogP contribution in [0.4, 0.5) is 0 Å². The smallest absolute Gasteiger partial charge is 0.227 e. The first kappa shape index (κ1) is 24.5. The van der Waals surface area contributed by atoms with Gasteiger partial charge in [-0.3, -0.25) is 9.59 Å². The van der Waals surface area contributed by atoms with Crippen molar-refractivity contribution < 1.29 is 9.59 Å². The minimum absolute atomic E-state index is 0.0249. The van der Waals surface area contributed by atoms with Gasteiger partial charge in [0, 0.05) is 58.5 Å². The van der Waals surface area contributed by atoms with Crippen molar-refractivity contribution >= 4 is 50.7 Å². The van der Waals surface area contributed by atoms with Crippen LogP contribution in [0.2, 0.25) is 5.02 Å². The molecule has 2 fully saturated rings. The molecule has 1 atom stereocenters. The van der Waals surface area contributed by atoms with Crippen molar-refractivity contribution in [1.82, 2.24) is 14.8 Å². The van der Waals surface area contributed by atoms with Crippen LogP contribution < -0.4 is 0 Å². The fourth-order valence-electron chi connectivity index (χ4n) is 4.99. The van der Waals surface area contributed by atoms with Crippen LogP contribution in [-0.2, 0) is 16.1 Å². The lowest BCUT2D eigenvalue weighted by Crippen LogP contribution is -2.42. The van der Waals surface area contributed by atoms with Crippen LogP contribution in [0.5, 0.6) is 0 Å². The standard InChI is InChI=1S/C27H27BrClN3O2S/c1-17-25(18-6-8-22(28)9-7-18)30-26(35-17)19-10-12-31(13-11-19)27(34)21-14-24(33)32(16-21)15-20-4-2-3-5-23(20)29/h2-9,19,21H,10-16H2,1H3. The lowest BCUT2D eigenvalue weighted by atomic mass is 9.96. The summed E-state index contributed by atoms with van der Waals surface area (Å²) in [7, 11) is 0. The number of hydrogen-bond donors (Lipinski definition) is 0. The summed E-state index contributed by atoms with van der Waals surface area (Å²) in [5.74, 6) is 0.225. The van der Waals surface area contributed by atoms with E-state index in [0.29, 0.717) is 37.1 Å². The highest BCUT2D eigenvalue weighted by molar-refractivity contribution is 9.10. The summed E-state index contributed by atoms with van der Waals surface area (Å²) >= 11 is 11.5. The van der Waals surface area contributed by atoms with Gasteiger partial charge in [0.15, 0.2) is 0 Å². The molecule has 2 amide bonds. The maximum atomic E-state index is 13.2. The number of nitrogens with zero attached hydrogens (tertiary/aromatic N) is 3. The van der Waals surface area contributed by atoms with Crippen LogP contribution in [-0.4, -0.2) is 46.2 Å². The highest BCUT2D eigenvalue weighted by atomic mass is 79.9. The number of aryl methyl sites for hydroxylation is 1. The first-order valence-electron chi connectivity index (χ1n) is 11.9. The van der Waals surface area contributed by atoms with Gasteiger partial charge in [-0.1, -0.05) is 57.9 Å². The van der Waals surface area contributed by atoms with Gasteiger partial charge in [0.1, 0.15) is 0 Å². The monoisotopic (exact) mass is 571 g/mol. The van der Waals surface area contributed by atoms with Gasteiger partial charge in [-0.2, -0.15) is 0 Å². The zero-order valence-corrected chi connectivity index (χ0v) is 22.7. The van der Waals surface area contributed by atoms with Gasteiger partial charge in [-0.15, -0.1) is 11.3 Å². The summed E-state index contributed by atoms with van der Waals surface area (Å²) in [6.45, 7) is 4.47. The SMILES string of the molecule is Cc1sc(C2CCN(C(=O)C3CC(=O)N(Cc4ccccc4Cl)C3)CC2)nc1-c1ccc(Br)cc1. The molecule has 1 unspecified atom stereocenters. The average Bonchev–Trinajstić information content (AvgIpc) is 3.43. The summed E-state index contributed by atoms with van der Waals surface area (Å²) < 4.78 is 1.06. The lowest BCUT2D eigenvalue weighted by molar-refractivity contribution is -0.136. The molecule has 8 heteroatoms. The van der Waals surface area contributed by atoms with Gasteiger partial charge in [-0.25, -0.2) is 4.98 Å². The Bertz CT molecular complexity index is 1240. The van der Waals surface area contributed by atoms with Crippen LogP contribution in [0.1, 0.15) is 40.6 Å². The number of hydrogen-bond acceptors (Lipinski definition) is 4. The Morgan fingerprint density at radius 2 is 1.86 bits per heavy atom. The fraction of sp³-hybridized carbons (Fsp3) is 0.370. The number of carbonyl (C=O) groups excluding carboxylic acids is 2. The molecular formula is C27H27BrClN3O2S. The van der Waals surface area contributed by atoms with E-state index in [0.717, 1.165) is 39.1 Å². The Balaban J connectivity index is 1.18. The molecule has 5 nitrogen and oxygen atoms in total. The molecule has 0 radical (unpaired) electrons. The van der Waals surface area contributed by atoms with Gasteiger partial charge in [0.2, 0.25) is 11.8 Å². The van der Waals surface area contributed by atoms with Crippen LogP contribution in [0.3, 0.4) is 0 Å². The Kier molecular flexibility index (Phi) is 7.28. The molecule has 0 spiro atoms. The van der Waals surface area contributed by atoms with Crippen molar-refractivity contribution in [2.24, 2.45) is 5.92 Å². The topological polar surface area (TPSA) is 53.5 Å². The molecule has 35 heavy (non-hydrogen) atoms. The number of piperidine rings is 1. The van der Waals surface area contributed by atoms with Crippen molar-refractivity contribution in [3.8, 4) is 11.3 Å². The normalized spacial score (nSPS) is 18.9. The molecule has 2 saturated heterocycles. The average molecular weight is 573 g/mol. The van der Waals surface area contributed by atoms with Crippen molar-refractivity contribution in [3.05, 3.63) is 73.5 Å². The first-order chi connectivity index (χ1) is 16.9. The van der Waals surface area contributed by atoms with Crippen molar-refractivity contribution in [3.63, 3.8) is 0 Å². The van der Waals surface area contributed by atoms with E-state index in [-0.39, 0.29) is 24.2 Å². The molecule has 0 aliphatic carbocycles. The predicted molar refractivity (Wildman–Crippen MR) is 144 cm³/mol. The van der Waals surface area contributed by atoms with Crippen LogP contribution in [0.25, 0.3) is 11.3 Å². The molecule has 1 aromatic heterocycles. The summed E-state index contributed by atoms with van der Waals surface area (Å²) in [4.78, 5) is 35.7. The Morgan fingerprint density at radius 1 is 1.14 bits per heavy atom. The second kappa shape index (κ2) is 10.4. The van der Waals surface area contributed by atoms with Crippen molar-refractivity contribution in [2.75, 3.05) is 19.6 Å². The van der Waals surface area contributed by atoms with Crippen molar-refractivity contribution in [1.29, 1.82) is 0 Å². The Labute approximate surface area is 223 Å². The fourth-order valence-corrected chi connectivity index (χ4v) is 6.57. The second-order valence-electron chi connectivity index (χ2n) is 9.33. The van der Waals surface area contributed by atoms with E-state index < -0.39 is 0 Å². The minimum atomic E-state index is -0.271. The van der Waals surface area contributed by atoms with E-state index >= 15 is 0 Å². The number of likely N-dealkylation sites (tertiary alicyclic amines) is 2. The number of carbonyl (C=O) groups is 2. The third-order valence-electron chi connectivity index (χ3n) is 6.97. The number of thiazole rings is 1. The number of aromatic nitrogens is 1. The molecule has 2 aromatic carbocycles. The molecule has 182 valence electrons. The zero-order valence-electron chi connectivity index (χ0n) is 19.5. The second-order valence-corrected chi connectivity index (χ2v) is 11.9. The summed E-state index contributed by atoms with van der Waals surface area (Å²) in [5, 5.41) is 1.81. The third kappa shape index (κ3) is 5.32. The molecule has 0 N–H and O–H groups in total. The van der Waals surface area contributed by atoms with E-state index in [9.17, 15) is 9.59 Å². The Hall–Kier alpha value is -2.22. The molecule has 3 heterocycles. The molecule has 0 bridgehead atoms. The van der Waals surface area contributed by atoms with Gasteiger partial charge in [0.05, 0.1) is 16.6 Å². The number of benzene rings is 2. The minimum Gasteiger partial charge on any atom is -0.342 e. The molecule has 5 rings (SSSR count). The highest BCUT2D eigenvalue weighted by Gasteiger charge is 2.38. The van der Waals surface area contributed by atoms with E-state index in [1.54, 1.807) is 16.2 Å². The summed E-state index contributed by atoms with van der Waals surface area (Å²) in [6, 6.07) is 15.8. The number of amides is 2. The first-order valence-corrected chi connectivity index (χ1v) is 13.9. The lowest BCUT2D eigenvalue weighted by Gasteiger charge is -2.32. The molecular weight excluding hydrogens is 546 g/mol. The molecule has 3 aromatic rings. The van der Waals surface area contributed by atoms with E-state index in [4.69, 9.17) is 16.6 Å². The zero-order chi connectivity index (χ0) is 24.5. The van der Waals surface area contributed by atoms with Crippen LogP contribution in [0, 0.1) is 12.8 Å². The maximum absolute atomic E-state index is 13.2. The Morgan fingerprint density at radius 3 is 2.57 bits per heavy atom. The van der Waals surface area contributed by atoms with Crippen molar-refractivity contribution in [2.45, 2.75) is 38.6 Å². The van der Waals surface area contributed by atoms with Gasteiger partial charge in [0.25, 0.3) is 0 Å². The van der Waals surface area contributed by atoms with Crippen LogP contribution in [0.15, 0.2) is 53.0 Å². The van der Waals surface area contributed by atoms with Gasteiger partial charge in [-0.05, 0) is 43.5 Å². The summed E-state index contributed by atoms with van der Waals surface area (Å²) in [6.07, 6.45) is 2.09. The quantitative estimate of drug-likeness (QED) is 0.361. The summed E-state index contributed by atoms with van der Waals surface area (Å²) in [5.41, 5.74) is 3.10. The van der Waals surface area contributed by atoms with Crippen LogP contribution >= 0.6 is 38.9 Å². The molecule has 2 aliphatic rings. The number of halogens is 2. The van der Waals surface area contributed by atoms with E-state index in [1.807, 2.05) is 41.3 Å². The molecule has 0 saturated carbocycles. The van der Waals surface area contributed by atoms with E-state index in [2.05, 4.69) is 35.0 Å². The van der Waals surface area contributed by atoms with Gasteiger partial charge < -0.3 is 9.80 Å². The van der Waals surface area contributed by atoms with Gasteiger partial charge >= 0.3 is 0 Å². The molecule has 2 aliphatic heterocycles. The third-order valence-corrected chi connectivity index (χ3v) is 9.00. The maximum Gasteiger partial charge on any atom is 0.227 e. The predicted octanol–water partition coefficient (Wildman–Crippen LogP) is 6.29. The number of rotatable bonds is 5. The largest absolute Gasteiger partial charge is 0.342 e. The highest BCUT2D eigenvalue weighted by Crippen LogP contribution is 2.37. The van der Waals surface area contributed by atoms with E-state index in [1.165, 1.54) is 4.88 Å².